The maximum atomic E-state index is 13.2. The summed E-state index contributed by atoms with van der Waals surface area (Å²) in [6, 6.07) is 21.0. The summed E-state index contributed by atoms with van der Waals surface area (Å²) in [7, 11) is -2.59. The lowest BCUT2D eigenvalue weighted by Gasteiger charge is -2.40. The Bertz CT molecular complexity index is 1220. The lowest BCUT2D eigenvalue weighted by Crippen LogP contribution is -2.68. The van der Waals surface area contributed by atoms with Gasteiger partial charge in [0, 0.05) is 6.20 Å². The van der Waals surface area contributed by atoms with E-state index in [4.69, 9.17) is 44.9 Å². The molecule has 0 spiro atoms. The van der Waals surface area contributed by atoms with Gasteiger partial charge in [0.2, 0.25) is 0 Å². The Morgan fingerprint density at radius 3 is 2.03 bits per heavy atom. The molecule has 1 saturated heterocycles. The van der Waals surface area contributed by atoms with E-state index in [1.165, 1.54) is 10.8 Å². The summed E-state index contributed by atoms with van der Waals surface area (Å²) in [5, 5.41) is 23.4. The topological polar surface area (TPSA) is 96.7 Å². The number of benzene rings is 2. The van der Waals surface area contributed by atoms with Crippen LogP contribution in [0, 0.1) is 4.64 Å². The zero-order valence-electron chi connectivity index (χ0n) is 20.9. The first-order chi connectivity index (χ1) is 17.5. The van der Waals surface area contributed by atoms with E-state index in [9.17, 15) is 15.0 Å². The van der Waals surface area contributed by atoms with Gasteiger partial charge in [0.05, 0.1) is 17.5 Å². The molecule has 3 N–H and O–H groups in total. The molecular weight excluding hydrogens is 551 g/mol. The number of aromatic amines is 1. The van der Waals surface area contributed by atoms with Gasteiger partial charge in [0.15, 0.2) is 14.1 Å². The van der Waals surface area contributed by atoms with Crippen LogP contribution in [-0.2, 0) is 14.8 Å². The highest BCUT2D eigenvalue weighted by Crippen LogP contribution is 2.37. The number of aliphatic hydroxyl groups is 2. The maximum Gasteiger partial charge on any atom is 0.328 e. The first-order valence-corrected chi connectivity index (χ1v) is 15.0. The van der Waals surface area contributed by atoms with E-state index < -0.39 is 43.7 Å². The number of halogens is 2. The Morgan fingerprint density at radius 2 is 1.57 bits per heavy atom. The predicted molar refractivity (Wildman–Crippen MR) is 152 cm³/mol. The molecule has 1 aliphatic heterocycles. The monoisotopic (exact) mass is 582 g/mol. The van der Waals surface area contributed by atoms with Gasteiger partial charge in [-0.2, -0.15) is 0 Å². The fourth-order valence-corrected chi connectivity index (χ4v) is 8.56. The molecule has 4 rings (SSSR count). The Balaban J connectivity index is 0.00000121. The minimum Gasteiger partial charge on any atom is -0.387 e. The van der Waals surface area contributed by atoms with Gasteiger partial charge in [0.25, 0.3) is 0 Å². The van der Waals surface area contributed by atoms with Crippen molar-refractivity contribution in [3.8, 4) is 0 Å². The third-order valence-electron chi connectivity index (χ3n) is 6.03. The molecule has 1 aromatic heterocycles. The Labute approximate surface area is 233 Å². The first kappa shape index (κ1) is 29.7. The van der Waals surface area contributed by atoms with Crippen LogP contribution in [0.25, 0.3) is 0 Å². The number of hydrogen-bond donors (Lipinski definition) is 3. The SMILES string of the molecule is CC(C)(C)OC[C@H]1O[C@](n2ccc(=S)[nH]c2=O)([SiH](c2ccccc2)c2ccccc2)[C@H](O)[C@@H]1O.ClCCl. The van der Waals surface area contributed by atoms with E-state index in [0.717, 1.165) is 10.4 Å². The van der Waals surface area contributed by atoms with Crippen molar-refractivity contribution in [2.24, 2.45) is 0 Å². The minimum atomic E-state index is -2.59. The number of nitrogens with one attached hydrogen (secondary N) is 1. The van der Waals surface area contributed by atoms with Crippen molar-refractivity contribution in [1.29, 1.82) is 0 Å². The summed E-state index contributed by atoms with van der Waals surface area (Å²) in [4.78, 5) is 15.9. The van der Waals surface area contributed by atoms with Crippen LogP contribution >= 0.6 is 35.4 Å². The van der Waals surface area contributed by atoms with Crippen LogP contribution in [0.1, 0.15) is 20.8 Å². The molecule has 2 aromatic carbocycles. The van der Waals surface area contributed by atoms with E-state index >= 15 is 0 Å². The van der Waals surface area contributed by atoms with Crippen molar-refractivity contribution in [3.63, 3.8) is 0 Å². The summed E-state index contributed by atoms with van der Waals surface area (Å²) in [6.07, 6.45) is -1.96. The maximum absolute atomic E-state index is 13.2. The molecule has 1 fully saturated rings. The zero-order valence-corrected chi connectivity index (χ0v) is 24.4. The summed E-state index contributed by atoms with van der Waals surface area (Å²) in [5.41, 5.74) is -0.982. The van der Waals surface area contributed by atoms with E-state index in [-0.39, 0.29) is 16.6 Å². The summed E-state index contributed by atoms with van der Waals surface area (Å²) < 4.78 is 14.1. The third-order valence-corrected chi connectivity index (χ3v) is 9.95. The molecule has 11 heteroatoms. The number of H-pyrrole nitrogens is 1. The van der Waals surface area contributed by atoms with Crippen LogP contribution in [0.2, 0.25) is 0 Å². The Kier molecular flexibility index (Phi) is 10.3. The van der Waals surface area contributed by atoms with E-state index in [2.05, 4.69) is 4.98 Å². The number of aliphatic hydroxyl groups excluding tert-OH is 2. The van der Waals surface area contributed by atoms with Crippen LogP contribution in [0.3, 0.4) is 0 Å². The third kappa shape index (κ3) is 6.79. The van der Waals surface area contributed by atoms with Gasteiger partial charge in [-0.3, -0.25) is 9.55 Å². The number of rotatable bonds is 6. The molecule has 7 nitrogen and oxygen atoms in total. The minimum absolute atomic E-state index is 0.0613. The molecule has 0 saturated carbocycles. The molecule has 2 heterocycles. The van der Waals surface area contributed by atoms with Crippen molar-refractivity contribution < 1.29 is 19.7 Å². The molecule has 3 aromatic rings. The fourth-order valence-electron chi connectivity index (χ4n) is 4.53. The average molecular weight is 584 g/mol. The van der Waals surface area contributed by atoms with Crippen LogP contribution in [0.5, 0.6) is 0 Å². The second-order valence-corrected chi connectivity index (χ2v) is 13.9. The van der Waals surface area contributed by atoms with E-state index in [1.54, 1.807) is 6.07 Å². The van der Waals surface area contributed by atoms with Crippen molar-refractivity contribution in [3.05, 3.63) is 88.1 Å². The van der Waals surface area contributed by atoms with E-state index in [0.29, 0.717) is 0 Å². The highest BCUT2D eigenvalue weighted by atomic mass is 35.5. The van der Waals surface area contributed by atoms with Gasteiger partial charge in [-0.1, -0.05) is 83.3 Å². The highest BCUT2D eigenvalue weighted by Gasteiger charge is 2.61. The van der Waals surface area contributed by atoms with Crippen LogP contribution in [0.15, 0.2) is 77.7 Å². The molecule has 0 radical (unpaired) electrons. The number of ether oxygens (including phenoxy) is 2. The molecule has 1 aliphatic rings. The molecule has 37 heavy (non-hydrogen) atoms. The van der Waals surface area contributed by atoms with Gasteiger partial charge < -0.3 is 19.7 Å². The standard InChI is InChI=1S/C25H30N2O5SSi.CH2Cl2/c1-24(2,3)31-16-19-21(28)22(29)25(32-19,27-15-14-20(33)26-23(27)30)34(17-10-6-4-7-11-17)18-12-8-5-9-13-18;2-1-3/h4-15,19,21-22,28-29,34H,16H2,1-3H3,(H,26,30,33);1H2/t19-,21-,22-,25+;/m1./s1. The van der Waals surface area contributed by atoms with Crippen molar-refractivity contribution in [1.82, 2.24) is 9.55 Å². The fraction of sp³-hybridized carbons (Fsp3) is 0.385. The van der Waals surface area contributed by atoms with Gasteiger partial charge in [-0.05, 0) is 26.8 Å². The molecular formula is C26H32Cl2N2O5SSi. The number of nitrogens with zero attached hydrogens (tertiary/aromatic N) is 1. The lowest BCUT2D eigenvalue weighted by atomic mass is 10.1. The second kappa shape index (κ2) is 12.8. The van der Waals surface area contributed by atoms with Crippen molar-refractivity contribution in [2.75, 3.05) is 11.9 Å². The summed E-state index contributed by atoms with van der Waals surface area (Å²) in [6.45, 7) is 5.79. The van der Waals surface area contributed by atoms with Crippen LogP contribution < -0.4 is 16.1 Å². The Morgan fingerprint density at radius 1 is 1.05 bits per heavy atom. The normalized spacial score (nSPS) is 23.5. The largest absolute Gasteiger partial charge is 0.387 e. The highest BCUT2D eigenvalue weighted by molar-refractivity contribution is 7.71. The summed E-state index contributed by atoms with van der Waals surface area (Å²) in [5.74, 6) is 0. The van der Waals surface area contributed by atoms with Gasteiger partial charge in [0.1, 0.15) is 23.0 Å². The van der Waals surface area contributed by atoms with Crippen LogP contribution in [-0.4, -0.2) is 64.4 Å². The smallest absolute Gasteiger partial charge is 0.328 e. The number of alkyl halides is 2. The Hall–Kier alpha value is -1.82. The quantitative estimate of drug-likeness (QED) is 0.235. The van der Waals surface area contributed by atoms with Gasteiger partial charge >= 0.3 is 5.69 Å². The average Bonchev–Trinajstić information content (AvgIpc) is 3.10. The molecule has 0 unspecified atom stereocenters. The zero-order chi connectivity index (χ0) is 27.2. The first-order valence-electron chi connectivity index (χ1n) is 11.8. The number of aromatic nitrogens is 2. The predicted octanol–water partition coefficient (Wildman–Crippen LogP) is 2.50. The molecule has 0 aliphatic carbocycles. The number of hydrogen-bond acceptors (Lipinski definition) is 6. The van der Waals surface area contributed by atoms with Crippen molar-refractivity contribution in [2.45, 2.75) is 50.0 Å². The molecule has 0 bridgehead atoms. The lowest BCUT2D eigenvalue weighted by molar-refractivity contribution is -0.120. The van der Waals surface area contributed by atoms with Gasteiger partial charge in [-0.25, -0.2) is 4.79 Å². The molecule has 200 valence electrons. The van der Waals surface area contributed by atoms with Crippen molar-refractivity contribution >= 4 is 54.6 Å². The molecule has 0 amide bonds. The van der Waals surface area contributed by atoms with Gasteiger partial charge in [-0.15, -0.1) is 23.2 Å². The van der Waals surface area contributed by atoms with Crippen LogP contribution in [0.4, 0.5) is 0 Å². The van der Waals surface area contributed by atoms with E-state index in [1.807, 2.05) is 81.4 Å². The molecule has 4 atom stereocenters. The second-order valence-electron chi connectivity index (χ2n) is 9.60. The summed E-state index contributed by atoms with van der Waals surface area (Å²) >= 11 is 14.7.